The van der Waals surface area contributed by atoms with Crippen molar-refractivity contribution in [1.29, 1.82) is 0 Å². The van der Waals surface area contributed by atoms with Crippen molar-refractivity contribution in [1.82, 2.24) is 0 Å². The van der Waals surface area contributed by atoms with Crippen LogP contribution >= 0.6 is 0 Å². The summed E-state index contributed by atoms with van der Waals surface area (Å²) < 4.78 is 60.8. The van der Waals surface area contributed by atoms with Crippen LogP contribution in [0.1, 0.15) is 33.4 Å². The summed E-state index contributed by atoms with van der Waals surface area (Å²) in [5.41, 5.74) is 6.17. The van der Waals surface area contributed by atoms with Crippen LogP contribution in [0.15, 0.2) is 194 Å². The van der Waals surface area contributed by atoms with Gasteiger partial charge in [-0.1, -0.05) is 182 Å². The maximum atomic E-state index is 7.22. The SMILES string of the molecule is C1=C[C@@H](OCc2ccccc2)[C@H](O[C@H]2O[C@H](COCc3ccccc3)[C@@H](OCc3ccccc3)[C@H](OCc3ccccc3)[C@H]2OCc2ccccc2)[C@@H](COCc2ccccc2)O1. The number of rotatable bonds is 22. The first-order valence-corrected chi connectivity index (χ1v) is 21.7. The van der Waals surface area contributed by atoms with Crippen LogP contribution < -0.4 is 0 Å². The van der Waals surface area contributed by atoms with Crippen molar-refractivity contribution in [2.75, 3.05) is 13.2 Å². The van der Waals surface area contributed by atoms with E-state index >= 15 is 0 Å². The Labute approximate surface area is 371 Å². The fourth-order valence-electron chi connectivity index (χ4n) is 7.72. The Bertz CT molecular complexity index is 2180. The number of hydrogen-bond acceptors (Lipinski definition) is 9. The van der Waals surface area contributed by atoms with E-state index in [9.17, 15) is 0 Å². The molecule has 0 bridgehead atoms. The number of benzene rings is 6. The van der Waals surface area contributed by atoms with E-state index in [1.165, 1.54) is 0 Å². The lowest BCUT2D eigenvalue weighted by Gasteiger charge is -2.47. The topological polar surface area (TPSA) is 83.1 Å². The van der Waals surface area contributed by atoms with Crippen molar-refractivity contribution in [2.45, 2.75) is 88.7 Å². The molecule has 63 heavy (non-hydrogen) atoms. The van der Waals surface area contributed by atoms with Gasteiger partial charge in [0.05, 0.1) is 59.1 Å². The minimum absolute atomic E-state index is 0.198. The highest BCUT2D eigenvalue weighted by Gasteiger charge is 2.51. The highest BCUT2D eigenvalue weighted by atomic mass is 16.7. The van der Waals surface area contributed by atoms with Gasteiger partial charge in [-0.05, 0) is 39.5 Å². The zero-order valence-corrected chi connectivity index (χ0v) is 35.4. The molecule has 8 rings (SSSR count). The molecule has 326 valence electrons. The third-order valence-electron chi connectivity index (χ3n) is 11.0. The Kier molecular flexibility index (Phi) is 16.7. The largest absolute Gasteiger partial charge is 0.493 e. The van der Waals surface area contributed by atoms with E-state index < -0.39 is 49.0 Å². The van der Waals surface area contributed by atoms with E-state index in [2.05, 4.69) is 0 Å². The van der Waals surface area contributed by atoms with Crippen molar-refractivity contribution in [3.63, 3.8) is 0 Å². The lowest BCUT2D eigenvalue weighted by atomic mass is 9.97. The summed E-state index contributed by atoms with van der Waals surface area (Å²) in [4.78, 5) is 0. The molecule has 0 aromatic heterocycles. The summed E-state index contributed by atoms with van der Waals surface area (Å²) in [5.74, 6) is 0. The van der Waals surface area contributed by atoms with Gasteiger partial charge < -0.3 is 42.6 Å². The number of ether oxygens (including phenoxy) is 9. The van der Waals surface area contributed by atoms with Crippen molar-refractivity contribution >= 4 is 0 Å². The van der Waals surface area contributed by atoms with Gasteiger partial charge in [0.25, 0.3) is 0 Å². The van der Waals surface area contributed by atoms with Gasteiger partial charge in [-0.3, -0.25) is 0 Å². The Balaban J connectivity index is 1.12. The highest BCUT2D eigenvalue weighted by molar-refractivity contribution is 5.18. The summed E-state index contributed by atoms with van der Waals surface area (Å²) in [6.07, 6.45) is -1.85. The van der Waals surface area contributed by atoms with Crippen LogP contribution in [0.2, 0.25) is 0 Å². The van der Waals surface area contributed by atoms with Gasteiger partial charge in [0.15, 0.2) is 12.4 Å². The van der Waals surface area contributed by atoms with Gasteiger partial charge in [-0.2, -0.15) is 0 Å². The van der Waals surface area contributed by atoms with Crippen LogP contribution in [0, 0.1) is 0 Å². The molecule has 1 fully saturated rings. The molecule has 1 saturated heterocycles. The Morgan fingerprint density at radius 2 is 0.714 bits per heavy atom. The van der Waals surface area contributed by atoms with E-state index in [0.29, 0.717) is 33.0 Å². The molecule has 0 spiro atoms. The summed E-state index contributed by atoms with van der Waals surface area (Å²) in [5, 5.41) is 0. The van der Waals surface area contributed by atoms with Crippen molar-refractivity contribution in [3.8, 4) is 0 Å². The average Bonchev–Trinajstić information content (AvgIpc) is 3.34. The van der Waals surface area contributed by atoms with Gasteiger partial charge in [-0.25, -0.2) is 0 Å². The van der Waals surface area contributed by atoms with E-state index in [1.807, 2.05) is 188 Å². The maximum absolute atomic E-state index is 7.22. The molecule has 9 nitrogen and oxygen atoms in total. The van der Waals surface area contributed by atoms with Gasteiger partial charge >= 0.3 is 0 Å². The first-order chi connectivity index (χ1) is 31.2. The van der Waals surface area contributed by atoms with Crippen LogP contribution in [0.25, 0.3) is 0 Å². The van der Waals surface area contributed by atoms with Crippen LogP contribution in [-0.4, -0.2) is 62.2 Å². The second-order valence-corrected chi connectivity index (χ2v) is 15.7. The van der Waals surface area contributed by atoms with Crippen LogP contribution in [0.3, 0.4) is 0 Å². The molecule has 0 unspecified atom stereocenters. The molecule has 2 heterocycles. The predicted molar refractivity (Wildman–Crippen MR) is 240 cm³/mol. The van der Waals surface area contributed by atoms with Crippen molar-refractivity contribution < 1.29 is 42.6 Å². The summed E-state index contributed by atoms with van der Waals surface area (Å²) in [6, 6.07) is 60.5. The summed E-state index contributed by atoms with van der Waals surface area (Å²) >= 11 is 0. The molecule has 0 radical (unpaired) electrons. The normalized spacial score (nSPS) is 23.2. The van der Waals surface area contributed by atoms with Gasteiger partial charge in [0.1, 0.15) is 36.6 Å². The Hall–Kier alpha value is -5.46. The van der Waals surface area contributed by atoms with E-state index in [1.54, 1.807) is 6.26 Å². The molecular formula is C54H56O9. The lowest BCUT2D eigenvalue weighted by Crippen LogP contribution is -2.63. The van der Waals surface area contributed by atoms with Crippen LogP contribution in [0.5, 0.6) is 0 Å². The minimum Gasteiger partial charge on any atom is -0.493 e. The standard InChI is InChI=1S/C54H56O9/c1-7-19-41(20-8-1)33-55-39-48-50(47(31-32-57-48)58-35-43-23-11-3-12-24-43)63-54-53(61-38-46-29-17-6-18-30-46)52(60-37-45-27-15-5-16-28-45)51(59-36-44-25-13-4-14-26-44)49(62-54)40-56-34-42-21-9-2-10-22-42/h1-32,47-54H,33-40H2/t47-,48-,49-,50+,51-,52+,53-,54-/m1/s1. The molecular weight excluding hydrogens is 793 g/mol. The van der Waals surface area contributed by atoms with Crippen LogP contribution in [0.4, 0.5) is 0 Å². The molecule has 0 amide bonds. The smallest absolute Gasteiger partial charge is 0.187 e. The van der Waals surface area contributed by atoms with E-state index in [-0.39, 0.29) is 19.8 Å². The Morgan fingerprint density at radius 1 is 0.349 bits per heavy atom. The van der Waals surface area contributed by atoms with Gasteiger partial charge in [0, 0.05) is 0 Å². The lowest BCUT2D eigenvalue weighted by molar-refractivity contribution is -0.347. The fraction of sp³-hybridized carbons (Fsp3) is 0.296. The third-order valence-corrected chi connectivity index (χ3v) is 11.0. The van der Waals surface area contributed by atoms with Crippen molar-refractivity contribution in [3.05, 3.63) is 228 Å². The van der Waals surface area contributed by atoms with E-state index in [0.717, 1.165) is 33.4 Å². The van der Waals surface area contributed by atoms with Gasteiger partial charge in [0.2, 0.25) is 0 Å². The molecule has 0 saturated carbocycles. The molecule has 8 atom stereocenters. The van der Waals surface area contributed by atoms with Crippen molar-refractivity contribution in [2.24, 2.45) is 0 Å². The first kappa shape index (κ1) is 44.2. The molecule has 6 aromatic rings. The highest BCUT2D eigenvalue weighted by Crippen LogP contribution is 2.34. The molecule has 2 aliphatic rings. The zero-order valence-electron chi connectivity index (χ0n) is 35.4. The number of hydrogen-bond donors (Lipinski definition) is 0. The first-order valence-electron chi connectivity index (χ1n) is 21.7. The monoisotopic (exact) mass is 848 g/mol. The zero-order chi connectivity index (χ0) is 42.7. The quantitative estimate of drug-likeness (QED) is 0.0664. The Morgan fingerprint density at radius 3 is 1.16 bits per heavy atom. The summed E-state index contributed by atoms with van der Waals surface area (Å²) in [6.45, 7) is 2.50. The third kappa shape index (κ3) is 13.3. The van der Waals surface area contributed by atoms with Gasteiger partial charge in [-0.15, -0.1) is 0 Å². The molecule has 0 aliphatic carbocycles. The van der Waals surface area contributed by atoms with E-state index in [4.69, 9.17) is 42.6 Å². The molecule has 9 heteroatoms. The summed E-state index contributed by atoms with van der Waals surface area (Å²) in [7, 11) is 0. The molecule has 0 N–H and O–H groups in total. The average molecular weight is 849 g/mol. The second-order valence-electron chi connectivity index (χ2n) is 15.7. The second kappa shape index (κ2) is 23.8. The minimum atomic E-state index is -0.976. The molecule has 2 aliphatic heterocycles. The predicted octanol–water partition coefficient (Wildman–Crippen LogP) is 9.78. The van der Waals surface area contributed by atoms with Crippen LogP contribution in [-0.2, 0) is 82.3 Å². The maximum Gasteiger partial charge on any atom is 0.187 e. The fourth-order valence-corrected chi connectivity index (χ4v) is 7.72. The molecule has 6 aromatic carbocycles.